The van der Waals surface area contributed by atoms with Crippen LogP contribution in [0.1, 0.15) is 102 Å². The number of hydrogen-bond acceptors (Lipinski definition) is 5. The van der Waals surface area contributed by atoms with E-state index >= 15 is 0 Å². The summed E-state index contributed by atoms with van der Waals surface area (Å²) >= 11 is 0. The fourth-order valence-corrected chi connectivity index (χ4v) is 5.31. The van der Waals surface area contributed by atoms with Gasteiger partial charge in [0.25, 0.3) is 0 Å². The van der Waals surface area contributed by atoms with Gasteiger partial charge in [0.15, 0.2) is 0 Å². The Morgan fingerprint density at radius 3 is 2.29 bits per heavy atom. The van der Waals surface area contributed by atoms with Gasteiger partial charge >= 0.3 is 0 Å². The molecule has 3 aromatic heterocycles. The number of pyridine rings is 2. The van der Waals surface area contributed by atoms with Crippen LogP contribution in [-0.2, 0) is 31.9 Å². The molecule has 7 heteroatoms. The van der Waals surface area contributed by atoms with E-state index in [-0.39, 0.29) is 38.3 Å². The third-order valence-electron chi connectivity index (χ3n) is 7.70. The first-order valence-electron chi connectivity index (χ1n) is 14.4. The second-order valence-corrected chi connectivity index (χ2v) is 13.2. The van der Waals surface area contributed by atoms with E-state index in [4.69, 9.17) is 14.7 Å². The summed E-state index contributed by atoms with van der Waals surface area (Å²) in [5.41, 5.74) is 6.81. The van der Waals surface area contributed by atoms with Crippen molar-refractivity contribution in [2.24, 2.45) is 0 Å². The van der Waals surface area contributed by atoms with Crippen molar-refractivity contribution in [3.05, 3.63) is 102 Å². The van der Waals surface area contributed by atoms with E-state index in [1.807, 2.05) is 66.5 Å². The molecule has 4 aromatic rings. The summed E-state index contributed by atoms with van der Waals surface area (Å²) in [6.45, 7) is 22.0. The molecule has 42 heavy (non-hydrogen) atoms. The van der Waals surface area contributed by atoms with Crippen molar-refractivity contribution in [2.75, 3.05) is 11.9 Å². The van der Waals surface area contributed by atoms with E-state index in [0.717, 1.165) is 28.3 Å². The van der Waals surface area contributed by atoms with Crippen LogP contribution in [-0.4, -0.2) is 26.3 Å². The SMILES string of the molecule is CC(C)c1nc2c(C(C)(C)c3cc(C(C)(C)C)ccn3)[c-]c(Oc3[c-]c(N4C=CN(C)[CH-]4)ccc3)cn2c1C(C)C.[Pt]. The van der Waals surface area contributed by atoms with Gasteiger partial charge in [0, 0.05) is 66.9 Å². The largest absolute Gasteiger partial charge is 0.510 e. The number of imidazole rings is 1. The molecule has 0 amide bonds. The average molecular weight is 744 g/mol. The van der Waals surface area contributed by atoms with Crippen LogP contribution in [0.25, 0.3) is 5.65 Å². The zero-order valence-electron chi connectivity index (χ0n) is 26.4. The maximum Gasteiger partial charge on any atom is 0.0487 e. The van der Waals surface area contributed by atoms with Crippen molar-refractivity contribution in [3.63, 3.8) is 0 Å². The van der Waals surface area contributed by atoms with Crippen molar-refractivity contribution in [1.82, 2.24) is 19.3 Å². The maximum atomic E-state index is 6.51. The summed E-state index contributed by atoms with van der Waals surface area (Å²) in [5, 5.41) is 0. The Morgan fingerprint density at radius 2 is 1.67 bits per heavy atom. The molecule has 1 aliphatic rings. The Kier molecular flexibility index (Phi) is 9.00. The first-order valence-corrected chi connectivity index (χ1v) is 14.4. The molecule has 0 atom stereocenters. The molecule has 0 aliphatic carbocycles. The molecule has 0 saturated carbocycles. The molecule has 0 radical (unpaired) electrons. The van der Waals surface area contributed by atoms with Gasteiger partial charge in [-0.15, -0.1) is 35.5 Å². The summed E-state index contributed by atoms with van der Waals surface area (Å²) in [6, 6.07) is 17.3. The quantitative estimate of drug-likeness (QED) is 0.178. The van der Waals surface area contributed by atoms with Crippen LogP contribution in [0.5, 0.6) is 11.5 Å². The number of rotatable bonds is 7. The summed E-state index contributed by atoms with van der Waals surface area (Å²) < 4.78 is 8.72. The van der Waals surface area contributed by atoms with Gasteiger partial charge in [-0.3, -0.25) is 9.97 Å². The van der Waals surface area contributed by atoms with E-state index < -0.39 is 5.41 Å². The Labute approximate surface area is 266 Å². The van der Waals surface area contributed by atoms with E-state index in [2.05, 4.69) is 91.0 Å². The molecular formula is C35H42N5OPt-3. The topological polar surface area (TPSA) is 45.9 Å². The molecule has 0 N–H and O–H groups in total. The molecule has 0 bridgehead atoms. The normalized spacial score (nSPS) is 13.9. The number of aromatic nitrogens is 3. The van der Waals surface area contributed by atoms with Gasteiger partial charge < -0.3 is 18.9 Å². The fraction of sp³-hybridized carbons (Fsp3) is 0.400. The maximum absolute atomic E-state index is 6.51. The van der Waals surface area contributed by atoms with Gasteiger partial charge in [0.1, 0.15) is 0 Å². The standard InChI is InChI=1S/C35H42N5O.Pt/c1-23(2)31-32(24(3)4)40-21-28(41-27-13-11-12-26(19-27)39-17-16-38(10)22-39)20-29(33(40)37-31)35(8,9)30-18-25(14-15-36-30)34(5,6)7;/h11-18,21-24H,1-10H3;/q-3;. The number of nitrogens with zero attached hydrogens (tertiary/aromatic N) is 5. The van der Waals surface area contributed by atoms with Gasteiger partial charge in [-0.05, 0) is 54.4 Å². The van der Waals surface area contributed by atoms with Crippen molar-refractivity contribution in [1.29, 1.82) is 0 Å². The van der Waals surface area contributed by atoms with Crippen molar-refractivity contribution in [3.8, 4) is 11.5 Å². The first kappa shape index (κ1) is 31.8. The molecule has 0 spiro atoms. The number of anilines is 1. The monoisotopic (exact) mass is 743 g/mol. The zero-order chi connectivity index (χ0) is 29.7. The molecule has 4 heterocycles. The fourth-order valence-electron chi connectivity index (χ4n) is 5.31. The van der Waals surface area contributed by atoms with Gasteiger partial charge in [-0.1, -0.05) is 68.5 Å². The van der Waals surface area contributed by atoms with Crippen LogP contribution in [0, 0.1) is 18.8 Å². The van der Waals surface area contributed by atoms with E-state index in [9.17, 15) is 0 Å². The molecule has 0 saturated heterocycles. The summed E-state index contributed by atoms with van der Waals surface area (Å²) in [6.07, 6.45) is 7.94. The predicted molar refractivity (Wildman–Crippen MR) is 166 cm³/mol. The average Bonchev–Trinajstić information content (AvgIpc) is 3.52. The number of fused-ring (bicyclic) bond motifs is 1. The Balaban J connectivity index is 0.00000405. The van der Waals surface area contributed by atoms with E-state index in [1.165, 1.54) is 11.3 Å². The van der Waals surface area contributed by atoms with E-state index in [0.29, 0.717) is 11.5 Å². The summed E-state index contributed by atoms with van der Waals surface area (Å²) in [7, 11) is 2.00. The minimum absolute atomic E-state index is 0. The number of hydrogen-bond donors (Lipinski definition) is 0. The van der Waals surface area contributed by atoms with Crippen LogP contribution < -0.4 is 9.64 Å². The minimum atomic E-state index is -0.485. The van der Waals surface area contributed by atoms with Crippen LogP contribution >= 0.6 is 0 Å². The van der Waals surface area contributed by atoms with Crippen LogP contribution in [0.4, 0.5) is 5.69 Å². The zero-order valence-corrected chi connectivity index (χ0v) is 28.7. The molecular weight excluding hydrogens is 701 g/mol. The van der Waals surface area contributed by atoms with Crippen molar-refractivity contribution < 1.29 is 25.8 Å². The van der Waals surface area contributed by atoms with E-state index in [1.54, 1.807) is 0 Å². The Bertz CT molecular complexity index is 1590. The first-order chi connectivity index (χ1) is 19.3. The van der Waals surface area contributed by atoms with Crippen LogP contribution in [0.15, 0.2) is 55.1 Å². The van der Waals surface area contributed by atoms with Gasteiger partial charge in [-0.2, -0.15) is 12.7 Å². The Hall–Kier alpha value is -3.11. The molecule has 5 rings (SSSR count). The van der Waals surface area contributed by atoms with Gasteiger partial charge in [0.05, 0.1) is 0 Å². The van der Waals surface area contributed by atoms with Gasteiger partial charge in [0.2, 0.25) is 0 Å². The predicted octanol–water partition coefficient (Wildman–Crippen LogP) is 8.33. The third kappa shape index (κ3) is 6.15. The molecule has 0 fully saturated rings. The minimum Gasteiger partial charge on any atom is -0.510 e. The Morgan fingerprint density at radius 1 is 0.929 bits per heavy atom. The molecule has 1 aliphatic heterocycles. The molecule has 1 aromatic carbocycles. The summed E-state index contributed by atoms with van der Waals surface area (Å²) in [5.74, 6) is 1.80. The smallest absolute Gasteiger partial charge is 0.0487 e. The van der Waals surface area contributed by atoms with Crippen molar-refractivity contribution >= 4 is 11.3 Å². The second-order valence-electron chi connectivity index (χ2n) is 13.2. The third-order valence-corrected chi connectivity index (χ3v) is 7.70. The molecule has 0 unspecified atom stereocenters. The van der Waals surface area contributed by atoms with Crippen molar-refractivity contribution in [2.45, 2.75) is 85.0 Å². The molecule has 226 valence electrons. The second kappa shape index (κ2) is 11.9. The number of benzene rings is 1. The van der Waals surface area contributed by atoms with Crippen LogP contribution in [0.3, 0.4) is 0 Å². The number of ether oxygens (including phenoxy) is 1. The van der Waals surface area contributed by atoms with Crippen LogP contribution in [0.2, 0.25) is 0 Å². The van der Waals surface area contributed by atoms with Gasteiger partial charge in [-0.25, -0.2) is 0 Å². The molecule has 6 nitrogen and oxygen atoms in total. The summed E-state index contributed by atoms with van der Waals surface area (Å²) in [4.78, 5) is 14.1.